The smallest absolute Gasteiger partial charge is 0.270 e. The minimum atomic E-state index is -3.82. The summed E-state index contributed by atoms with van der Waals surface area (Å²) in [5, 5.41) is 11.0. The molecule has 2 aromatic rings. The topological polar surface area (TPSA) is 115 Å². The maximum absolute atomic E-state index is 13.0. The van der Waals surface area contributed by atoms with E-state index in [1.807, 2.05) is 12.1 Å². The number of hydrogen-bond acceptors (Lipinski definition) is 5. The molecule has 1 aliphatic rings. The van der Waals surface area contributed by atoms with Gasteiger partial charge >= 0.3 is 0 Å². The van der Waals surface area contributed by atoms with E-state index in [1.54, 1.807) is 19.9 Å². The highest BCUT2D eigenvalue weighted by Gasteiger charge is 2.28. The molecule has 3 rings (SSSR count). The van der Waals surface area contributed by atoms with Crippen LogP contribution in [0.5, 0.6) is 0 Å². The first-order chi connectivity index (χ1) is 12.2. The molecule has 1 unspecified atom stereocenters. The van der Waals surface area contributed by atoms with Crippen LogP contribution in [0.3, 0.4) is 0 Å². The average molecular weight is 375 g/mol. The second kappa shape index (κ2) is 6.69. The van der Waals surface area contributed by atoms with E-state index in [0.717, 1.165) is 24.0 Å². The predicted molar refractivity (Wildman–Crippen MR) is 99.4 cm³/mol. The molecule has 1 aliphatic carbocycles. The van der Waals surface area contributed by atoms with Gasteiger partial charge in [0.25, 0.3) is 5.69 Å². The van der Waals surface area contributed by atoms with Gasteiger partial charge in [-0.2, -0.15) is 0 Å². The lowest BCUT2D eigenvalue weighted by Crippen LogP contribution is -2.32. The third-order valence-corrected chi connectivity index (χ3v) is 6.48. The number of non-ortho nitro benzene ring substituents is 1. The zero-order chi connectivity index (χ0) is 19.1. The van der Waals surface area contributed by atoms with Gasteiger partial charge in [-0.15, -0.1) is 0 Å². The number of nitrogens with zero attached hydrogens (tertiary/aromatic N) is 1. The van der Waals surface area contributed by atoms with Gasteiger partial charge in [-0.25, -0.2) is 13.1 Å². The summed E-state index contributed by atoms with van der Waals surface area (Å²) in [6.07, 6.45) is 2.43. The molecule has 0 amide bonds. The molecule has 1 atom stereocenters. The predicted octanol–water partition coefficient (Wildman–Crippen LogP) is 3.15. The first-order valence-electron chi connectivity index (χ1n) is 8.35. The summed E-state index contributed by atoms with van der Waals surface area (Å²) in [5.41, 5.74) is 9.09. The molecule has 0 radical (unpaired) electrons. The molecule has 3 N–H and O–H groups in total. The van der Waals surface area contributed by atoms with Gasteiger partial charge in [0.15, 0.2) is 0 Å². The maximum atomic E-state index is 13.0. The molecule has 0 aromatic heterocycles. The van der Waals surface area contributed by atoms with Gasteiger partial charge in [0.1, 0.15) is 0 Å². The van der Waals surface area contributed by atoms with E-state index in [1.165, 1.54) is 12.1 Å². The Morgan fingerprint density at radius 2 is 1.85 bits per heavy atom. The number of nitro benzene ring substituents is 1. The third-order valence-electron chi connectivity index (χ3n) is 4.70. The molecule has 0 saturated carbocycles. The lowest BCUT2D eigenvalue weighted by molar-refractivity contribution is -0.385. The molecule has 138 valence electrons. The molecule has 0 fully saturated rings. The van der Waals surface area contributed by atoms with Gasteiger partial charge in [0.05, 0.1) is 9.82 Å². The van der Waals surface area contributed by atoms with Crippen molar-refractivity contribution in [2.75, 3.05) is 5.73 Å². The van der Waals surface area contributed by atoms with Crippen LogP contribution in [0.4, 0.5) is 11.4 Å². The van der Waals surface area contributed by atoms with Crippen LogP contribution in [0, 0.1) is 24.0 Å². The Hall–Kier alpha value is -2.45. The van der Waals surface area contributed by atoms with Crippen molar-refractivity contribution in [3.63, 3.8) is 0 Å². The quantitative estimate of drug-likeness (QED) is 0.484. The molecule has 2 aromatic carbocycles. The van der Waals surface area contributed by atoms with Gasteiger partial charge in [-0.3, -0.25) is 10.1 Å². The Kier molecular flexibility index (Phi) is 4.72. The number of anilines is 1. The fourth-order valence-electron chi connectivity index (χ4n) is 3.66. The average Bonchev–Trinajstić information content (AvgIpc) is 2.53. The van der Waals surface area contributed by atoms with Crippen molar-refractivity contribution in [1.29, 1.82) is 0 Å². The summed E-state index contributed by atoms with van der Waals surface area (Å²) in [7, 11) is -3.82. The van der Waals surface area contributed by atoms with E-state index in [-0.39, 0.29) is 16.6 Å². The number of hydrogen-bond donors (Lipinski definition) is 2. The summed E-state index contributed by atoms with van der Waals surface area (Å²) in [6.45, 7) is 3.15. The van der Waals surface area contributed by atoms with Crippen LogP contribution < -0.4 is 10.5 Å². The van der Waals surface area contributed by atoms with Gasteiger partial charge in [-0.1, -0.05) is 6.07 Å². The lowest BCUT2D eigenvalue weighted by atomic mass is 9.88. The van der Waals surface area contributed by atoms with Gasteiger partial charge in [0.2, 0.25) is 10.0 Å². The van der Waals surface area contributed by atoms with Crippen LogP contribution in [0.25, 0.3) is 0 Å². The monoisotopic (exact) mass is 375 g/mol. The van der Waals surface area contributed by atoms with Crippen LogP contribution in [-0.2, 0) is 16.4 Å². The van der Waals surface area contributed by atoms with E-state index in [9.17, 15) is 18.5 Å². The first-order valence-corrected chi connectivity index (χ1v) is 9.83. The zero-order valence-corrected chi connectivity index (χ0v) is 15.5. The normalized spacial score (nSPS) is 16.9. The highest BCUT2D eigenvalue weighted by atomic mass is 32.2. The fourth-order valence-corrected chi connectivity index (χ4v) is 5.36. The molecule has 0 spiro atoms. The number of nitrogen functional groups attached to an aromatic ring is 1. The second-order valence-corrected chi connectivity index (χ2v) is 8.34. The summed E-state index contributed by atoms with van der Waals surface area (Å²) >= 11 is 0. The van der Waals surface area contributed by atoms with Crippen molar-refractivity contribution in [1.82, 2.24) is 4.72 Å². The number of rotatable bonds is 4. The van der Waals surface area contributed by atoms with Crippen molar-refractivity contribution in [2.45, 2.75) is 44.0 Å². The molecule has 0 bridgehead atoms. The lowest BCUT2D eigenvalue weighted by Gasteiger charge is -2.27. The van der Waals surface area contributed by atoms with Crippen LogP contribution in [0.15, 0.2) is 35.2 Å². The Balaban J connectivity index is 1.98. The second-order valence-electron chi connectivity index (χ2n) is 6.69. The van der Waals surface area contributed by atoms with Crippen molar-refractivity contribution in [3.8, 4) is 0 Å². The number of nitrogens with one attached hydrogen (secondary N) is 1. The highest BCUT2D eigenvalue weighted by Crippen LogP contribution is 2.33. The summed E-state index contributed by atoms with van der Waals surface area (Å²) < 4.78 is 28.8. The molecule has 7 nitrogen and oxygen atoms in total. The molecule has 26 heavy (non-hydrogen) atoms. The Bertz CT molecular complexity index is 963. The van der Waals surface area contributed by atoms with Gasteiger partial charge < -0.3 is 5.73 Å². The number of benzene rings is 2. The Morgan fingerprint density at radius 3 is 2.46 bits per heavy atom. The number of nitro groups is 1. The first kappa shape index (κ1) is 18.3. The zero-order valence-electron chi connectivity index (χ0n) is 14.7. The Labute approximate surface area is 152 Å². The van der Waals surface area contributed by atoms with Crippen molar-refractivity contribution < 1.29 is 13.3 Å². The van der Waals surface area contributed by atoms with Gasteiger partial charge in [0, 0.05) is 23.9 Å². The van der Waals surface area contributed by atoms with E-state index >= 15 is 0 Å². The van der Waals surface area contributed by atoms with Crippen LogP contribution in [0.2, 0.25) is 0 Å². The SMILES string of the molecule is Cc1cc([N+](=O)[O-])cc(C)c1S(=O)(=O)NC1CCCc2cc(N)ccc21. The van der Waals surface area contributed by atoms with Crippen LogP contribution in [0.1, 0.15) is 41.1 Å². The summed E-state index contributed by atoms with van der Waals surface area (Å²) in [4.78, 5) is 10.6. The van der Waals surface area contributed by atoms with Crippen LogP contribution >= 0.6 is 0 Å². The fraction of sp³-hybridized carbons (Fsp3) is 0.333. The maximum Gasteiger partial charge on any atom is 0.270 e. The minimum absolute atomic E-state index is 0.102. The highest BCUT2D eigenvalue weighted by molar-refractivity contribution is 7.89. The number of aryl methyl sites for hydroxylation is 3. The molecule has 8 heteroatoms. The van der Waals surface area contributed by atoms with E-state index < -0.39 is 14.9 Å². The standard InChI is InChI=1S/C18H21N3O4S/c1-11-8-15(21(22)23)9-12(2)18(11)26(24,25)20-17-5-3-4-13-10-14(19)6-7-16(13)17/h6-10,17,20H,3-5,19H2,1-2H3. The van der Waals surface area contributed by atoms with E-state index in [4.69, 9.17) is 5.73 Å². The van der Waals surface area contributed by atoms with Gasteiger partial charge in [-0.05, 0) is 67.5 Å². The Morgan fingerprint density at radius 1 is 1.19 bits per heavy atom. The van der Waals surface area contributed by atoms with Crippen molar-refractivity contribution in [3.05, 3.63) is 62.7 Å². The summed E-state index contributed by atoms with van der Waals surface area (Å²) in [6, 6.07) is 7.77. The number of nitrogens with two attached hydrogens (primary N) is 1. The van der Waals surface area contributed by atoms with E-state index in [0.29, 0.717) is 23.2 Å². The molecule has 0 aliphatic heterocycles. The van der Waals surface area contributed by atoms with Crippen LogP contribution in [-0.4, -0.2) is 13.3 Å². The number of fused-ring (bicyclic) bond motifs is 1. The largest absolute Gasteiger partial charge is 0.399 e. The van der Waals surface area contributed by atoms with E-state index in [2.05, 4.69) is 4.72 Å². The molecule has 0 heterocycles. The number of sulfonamides is 1. The third kappa shape index (κ3) is 3.42. The molecular weight excluding hydrogens is 354 g/mol. The summed E-state index contributed by atoms with van der Waals surface area (Å²) in [5.74, 6) is 0. The minimum Gasteiger partial charge on any atom is -0.399 e. The van der Waals surface area contributed by atoms with Crippen molar-refractivity contribution in [2.24, 2.45) is 0 Å². The molecule has 0 saturated heterocycles. The van der Waals surface area contributed by atoms with Crippen molar-refractivity contribution >= 4 is 21.4 Å². The molecular formula is C18H21N3O4S.